The third-order valence-corrected chi connectivity index (χ3v) is 7.34. The summed E-state index contributed by atoms with van der Waals surface area (Å²) in [5.41, 5.74) is 1.50. The van der Waals surface area contributed by atoms with Gasteiger partial charge in [0.05, 0.1) is 19.1 Å². The first-order valence-electron chi connectivity index (χ1n) is 12.3. The van der Waals surface area contributed by atoms with Gasteiger partial charge in [0.2, 0.25) is 21.8 Å². The van der Waals surface area contributed by atoms with E-state index >= 15 is 0 Å². The molecule has 0 fully saturated rings. The maximum absolute atomic E-state index is 13.3. The smallest absolute Gasteiger partial charge is 0.242 e. The predicted molar refractivity (Wildman–Crippen MR) is 144 cm³/mol. The van der Waals surface area contributed by atoms with E-state index in [1.165, 1.54) is 11.4 Å². The van der Waals surface area contributed by atoms with Crippen molar-refractivity contribution in [2.75, 3.05) is 30.8 Å². The molecule has 198 valence electrons. The lowest BCUT2D eigenvalue weighted by Crippen LogP contribution is -2.50. The Labute approximate surface area is 215 Å². The van der Waals surface area contributed by atoms with Crippen LogP contribution >= 0.6 is 0 Å². The summed E-state index contributed by atoms with van der Waals surface area (Å²) in [4.78, 5) is 27.7. The van der Waals surface area contributed by atoms with Gasteiger partial charge in [0.25, 0.3) is 0 Å². The van der Waals surface area contributed by atoms with E-state index in [0.29, 0.717) is 30.8 Å². The van der Waals surface area contributed by atoms with Crippen molar-refractivity contribution in [2.45, 2.75) is 58.5 Å². The van der Waals surface area contributed by atoms with Gasteiger partial charge in [-0.3, -0.25) is 13.9 Å². The van der Waals surface area contributed by atoms with Gasteiger partial charge in [-0.05, 0) is 50.8 Å². The Morgan fingerprint density at radius 2 is 1.64 bits per heavy atom. The van der Waals surface area contributed by atoms with Crippen molar-refractivity contribution in [3.05, 3.63) is 60.2 Å². The van der Waals surface area contributed by atoms with Crippen LogP contribution in [0.1, 0.15) is 45.6 Å². The number of rotatable bonds is 14. The second kappa shape index (κ2) is 13.9. The van der Waals surface area contributed by atoms with Gasteiger partial charge >= 0.3 is 0 Å². The van der Waals surface area contributed by atoms with Gasteiger partial charge in [-0.25, -0.2) is 8.42 Å². The van der Waals surface area contributed by atoms with E-state index in [-0.39, 0.29) is 30.8 Å². The van der Waals surface area contributed by atoms with Crippen molar-refractivity contribution < 1.29 is 22.7 Å². The number of amides is 2. The number of carbonyl (C=O) groups is 2. The fraction of sp³-hybridized carbons (Fsp3) is 0.481. The molecule has 2 atom stereocenters. The minimum atomic E-state index is -3.60. The molecule has 36 heavy (non-hydrogen) atoms. The molecule has 2 aromatic carbocycles. The molecular weight excluding hydrogens is 478 g/mol. The average Bonchev–Trinajstić information content (AvgIpc) is 2.86. The largest absolute Gasteiger partial charge is 0.495 e. The minimum Gasteiger partial charge on any atom is -0.495 e. The number of methoxy groups -OCH3 is 1. The summed E-state index contributed by atoms with van der Waals surface area (Å²) in [5, 5.41) is 2.96. The third-order valence-electron chi connectivity index (χ3n) is 6.16. The van der Waals surface area contributed by atoms with Crippen LogP contribution in [0.2, 0.25) is 0 Å². The summed E-state index contributed by atoms with van der Waals surface area (Å²) in [6.07, 6.45) is 2.95. The van der Waals surface area contributed by atoms with Crippen LogP contribution in [-0.4, -0.2) is 63.7 Å². The standard InChI is InChI=1S/C27H39N3O5S/c1-6-21(2)28-27(32)22(3)29(20-18-23-13-8-7-9-14-23)26(31)17-12-19-30(36(5,33)34)24-15-10-11-16-25(24)35-4/h7-11,13-16,21-22H,6,12,17-20H2,1-5H3,(H,28,32)/t21-,22+/m1/s1. The van der Waals surface area contributed by atoms with Crippen molar-refractivity contribution in [1.29, 1.82) is 0 Å². The zero-order chi connectivity index (χ0) is 26.7. The molecule has 2 amide bonds. The molecule has 0 aromatic heterocycles. The van der Waals surface area contributed by atoms with Gasteiger partial charge in [-0.1, -0.05) is 49.4 Å². The molecule has 0 bridgehead atoms. The fourth-order valence-corrected chi connectivity index (χ4v) is 4.82. The van der Waals surface area contributed by atoms with Crippen LogP contribution in [0.5, 0.6) is 5.75 Å². The van der Waals surface area contributed by atoms with E-state index in [1.807, 2.05) is 44.2 Å². The summed E-state index contributed by atoms with van der Waals surface area (Å²) in [6.45, 7) is 6.16. The van der Waals surface area contributed by atoms with Gasteiger partial charge in [0.15, 0.2) is 0 Å². The lowest BCUT2D eigenvalue weighted by Gasteiger charge is -2.30. The van der Waals surface area contributed by atoms with Crippen molar-refractivity contribution >= 4 is 27.5 Å². The number of sulfonamides is 1. The Balaban J connectivity index is 2.14. The van der Waals surface area contributed by atoms with Gasteiger partial charge in [0, 0.05) is 25.6 Å². The van der Waals surface area contributed by atoms with E-state index in [0.717, 1.165) is 18.2 Å². The quantitative estimate of drug-likeness (QED) is 0.413. The number of nitrogens with one attached hydrogen (secondary N) is 1. The molecular formula is C27H39N3O5S. The second-order valence-corrected chi connectivity index (χ2v) is 10.8. The van der Waals surface area contributed by atoms with E-state index in [2.05, 4.69) is 5.32 Å². The molecule has 2 rings (SSSR count). The molecule has 0 heterocycles. The molecule has 0 saturated heterocycles. The zero-order valence-corrected chi connectivity index (χ0v) is 22.8. The van der Waals surface area contributed by atoms with Crippen LogP contribution < -0.4 is 14.4 Å². The van der Waals surface area contributed by atoms with Crippen LogP contribution in [-0.2, 0) is 26.0 Å². The highest BCUT2D eigenvalue weighted by molar-refractivity contribution is 7.92. The van der Waals surface area contributed by atoms with Crippen molar-refractivity contribution in [3.63, 3.8) is 0 Å². The van der Waals surface area contributed by atoms with Crippen LogP contribution in [0.3, 0.4) is 0 Å². The molecule has 0 saturated carbocycles. The lowest BCUT2D eigenvalue weighted by atomic mass is 10.1. The molecule has 0 radical (unpaired) electrons. The van der Waals surface area contributed by atoms with E-state index < -0.39 is 16.1 Å². The average molecular weight is 518 g/mol. The van der Waals surface area contributed by atoms with Crippen LogP contribution in [0.25, 0.3) is 0 Å². The van der Waals surface area contributed by atoms with Gasteiger partial charge in [-0.2, -0.15) is 0 Å². The summed E-state index contributed by atoms with van der Waals surface area (Å²) in [5.74, 6) is 0.0535. The maximum Gasteiger partial charge on any atom is 0.242 e. The number of ether oxygens (including phenoxy) is 1. The number of carbonyl (C=O) groups excluding carboxylic acids is 2. The highest BCUT2D eigenvalue weighted by Gasteiger charge is 2.27. The first kappa shape index (κ1) is 29.2. The Bertz CT molecular complexity index is 1090. The normalized spacial score (nSPS) is 12.9. The van der Waals surface area contributed by atoms with Crippen molar-refractivity contribution in [3.8, 4) is 5.75 Å². The van der Waals surface area contributed by atoms with Crippen LogP contribution in [0.4, 0.5) is 5.69 Å². The lowest BCUT2D eigenvalue weighted by molar-refractivity contribution is -0.140. The molecule has 0 unspecified atom stereocenters. The van der Waals surface area contributed by atoms with E-state index in [4.69, 9.17) is 4.74 Å². The summed E-state index contributed by atoms with van der Waals surface area (Å²) >= 11 is 0. The monoisotopic (exact) mass is 517 g/mol. The highest BCUT2D eigenvalue weighted by atomic mass is 32.2. The first-order chi connectivity index (χ1) is 17.1. The van der Waals surface area contributed by atoms with Crippen molar-refractivity contribution in [2.24, 2.45) is 0 Å². The van der Waals surface area contributed by atoms with Crippen LogP contribution in [0, 0.1) is 0 Å². The number of nitrogens with zero attached hydrogens (tertiary/aromatic N) is 2. The Kier molecular flexibility index (Phi) is 11.2. The Hall–Kier alpha value is -3.07. The van der Waals surface area contributed by atoms with Crippen LogP contribution in [0.15, 0.2) is 54.6 Å². The fourth-order valence-electron chi connectivity index (χ4n) is 3.85. The Morgan fingerprint density at radius 1 is 1.00 bits per heavy atom. The molecule has 1 N–H and O–H groups in total. The van der Waals surface area contributed by atoms with Gasteiger partial charge in [0.1, 0.15) is 11.8 Å². The number of para-hydroxylation sites is 2. The predicted octanol–water partition coefficient (Wildman–Crippen LogP) is 3.62. The second-order valence-electron chi connectivity index (χ2n) is 8.93. The van der Waals surface area contributed by atoms with Gasteiger partial charge in [-0.15, -0.1) is 0 Å². The van der Waals surface area contributed by atoms with E-state index in [1.54, 1.807) is 36.1 Å². The number of benzene rings is 2. The molecule has 9 heteroatoms. The number of anilines is 1. The third kappa shape index (κ3) is 8.55. The highest BCUT2D eigenvalue weighted by Crippen LogP contribution is 2.29. The number of hydrogen-bond donors (Lipinski definition) is 1. The zero-order valence-electron chi connectivity index (χ0n) is 21.9. The summed E-state index contributed by atoms with van der Waals surface area (Å²) < 4.78 is 31.6. The molecule has 8 nitrogen and oxygen atoms in total. The topological polar surface area (TPSA) is 96.0 Å². The first-order valence-corrected chi connectivity index (χ1v) is 14.2. The van der Waals surface area contributed by atoms with E-state index in [9.17, 15) is 18.0 Å². The molecule has 0 aliphatic heterocycles. The van der Waals surface area contributed by atoms with Crippen molar-refractivity contribution in [1.82, 2.24) is 10.2 Å². The Morgan fingerprint density at radius 3 is 2.25 bits per heavy atom. The summed E-state index contributed by atoms with van der Waals surface area (Å²) in [7, 11) is -2.11. The molecule has 2 aromatic rings. The summed E-state index contributed by atoms with van der Waals surface area (Å²) in [6, 6.07) is 16.0. The minimum absolute atomic E-state index is 0.00944. The molecule has 0 aliphatic carbocycles. The SMILES string of the molecule is CC[C@@H](C)NC(=O)[C@H](C)N(CCc1ccccc1)C(=O)CCCN(c1ccccc1OC)S(C)(=O)=O. The number of hydrogen-bond acceptors (Lipinski definition) is 5. The molecule has 0 spiro atoms. The molecule has 0 aliphatic rings. The maximum atomic E-state index is 13.3. The van der Waals surface area contributed by atoms with Gasteiger partial charge < -0.3 is 15.0 Å².